The first kappa shape index (κ1) is 15.6. The number of hydrogen-bond donors (Lipinski definition) is 0. The van der Waals surface area contributed by atoms with Crippen LogP contribution in [0.2, 0.25) is 0 Å². The van der Waals surface area contributed by atoms with E-state index in [-0.39, 0.29) is 10.6 Å². The number of pyridine rings is 1. The molecule has 0 radical (unpaired) electrons. The quantitative estimate of drug-likeness (QED) is 0.626. The monoisotopic (exact) mass is 312 g/mol. The first-order chi connectivity index (χ1) is 11.2. The lowest BCUT2D eigenvalue weighted by Crippen LogP contribution is -2.45. The maximum Gasteiger partial charge on any atom is 0.269 e. The van der Waals surface area contributed by atoms with Gasteiger partial charge in [-0.15, -0.1) is 0 Å². The highest BCUT2D eigenvalue weighted by Crippen LogP contribution is 2.16. The predicted octanol–water partition coefficient (Wildman–Crippen LogP) is 2.31. The van der Waals surface area contributed by atoms with Crippen LogP contribution in [0.1, 0.15) is 11.3 Å². The Morgan fingerprint density at radius 2 is 1.74 bits per heavy atom. The Morgan fingerprint density at radius 3 is 2.39 bits per heavy atom. The second-order valence-electron chi connectivity index (χ2n) is 5.80. The summed E-state index contributed by atoms with van der Waals surface area (Å²) in [5.41, 5.74) is 2.26. The fraction of sp³-hybridized carbons (Fsp3) is 0.353. The van der Waals surface area contributed by atoms with Gasteiger partial charge in [-0.2, -0.15) is 0 Å². The van der Waals surface area contributed by atoms with Gasteiger partial charge in [-0.25, -0.2) is 0 Å². The number of hydrogen-bond acceptors (Lipinski definition) is 5. The molecule has 0 bridgehead atoms. The smallest absolute Gasteiger partial charge is 0.269 e. The molecule has 120 valence electrons. The van der Waals surface area contributed by atoms with E-state index in [1.807, 2.05) is 24.4 Å². The molecule has 0 atom stereocenters. The summed E-state index contributed by atoms with van der Waals surface area (Å²) in [6, 6.07) is 12.9. The van der Waals surface area contributed by atoms with Crippen LogP contribution < -0.4 is 0 Å². The number of nitro groups is 1. The van der Waals surface area contributed by atoms with Crippen LogP contribution in [0.5, 0.6) is 0 Å². The molecule has 1 aromatic heterocycles. The van der Waals surface area contributed by atoms with E-state index >= 15 is 0 Å². The fourth-order valence-corrected chi connectivity index (χ4v) is 2.85. The number of benzene rings is 1. The summed E-state index contributed by atoms with van der Waals surface area (Å²) in [5, 5.41) is 10.8. The Morgan fingerprint density at radius 1 is 1.00 bits per heavy atom. The molecule has 1 aromatic carbocycles. The lowest BCUT2D eigenvalue weighted by atomic mass is 10.1. The SMILES string of the molecule is O=[N+]([O-])c1cccc(CN2CCN(Cc3ccccn3)CC2)c1. The lowest BCUT2D eigenvalue weighted by molar-refractivity contribution is -0.384. The normalized spacial score (nSPS) is 16.3. The van der Waals surface area contributed by atoms with E-state index in [2.05, 4.69) is 20.9 Å². The molecule has 6 nitrogen and oxygen atoms in total. The zero-order valence-corrected chi connectivity index (χ0v) is 13.0. The zero-order valence-electron chi connectivity index (χ0n) is 13.0. The van der Waals surface area contributed by atoms with Gasteiger partial charge < -0.3 is 0 Å². The van der Waals surface area contributed by atoms with Crippen molar-refractivity contribution in [3.63, 3.8) is 0 Å². The second-order valence-corrected chi connectivity index (χ2v) is 5.80. The van der Waals surface area contributed by atoms with Gasteiger partial charge in [0.05, 0.1) is 10.6 Å². The second kappa shape index (κ2) is 7.30. The van der Waals surface area contributed by atoms with Gasteiger partial charge >= 0.3 is 0 Å². The van der Waals surface area contributed by atoms with Crippen LogP contribution in [0.15, 0.2) is 48.7 Å². The van der Waals surface area contributed by atoms with Gasteiger partial charge in [-0.05, 0) is 17.7 Å². The Bertz CT molecular complexity index is 655. The summed E-state index contributed by atoms with van der Waals surface area (Å²) in [6.45, 7) is 5.56. The largest absolute Gasteiger partial charge is 0.297 e. The number of aromatic nitrogens is 1. The third-order valence-corrected chi connectivity index (χ3v) is 4.10. The van der Waals surface area contributed by atoms with Crippen molar-refractivity contribution in [3.05, 3.63) is 70.0 Å². The third-order valence-electron chi connectivity index (χ3n) is 4.10. The molecule has 3 rings (SSSR count). The molecular formula is C17H20N4O2. The van der Waals surface area contributed by atoms with Crippen molar-refractivity contribution in [1.29, 1.82) is 0 Å². The van der Waals surface area contributed by atoms with Gasteiger partial charge in [0, 0.05) is 57.6 Å². The van der Waals surface area contributed by atoms with Crippen molar-refractivity contribution in [2.45, 2.75) is 13.1 Å². The van der Waals surface area contributed by atoms with Crippen LogP contribution in [0.4, 0.5) is 5.69 Å². The van der Waals surface area contributed by atoms with Crippen LogP contribution in [0, 0.1) is 10.1 Å². The fourth-order valence-electron chi connectivity index (χ4n) is 2.85. The van der Waals surface area contributed by atoms with Gasteiger partial charge in [-0.3, -0.25) is 24.9 Å². The summed E-state index contributed by atoms with van der Waals surface area (Å²) < 4.78 is 0. The molecule has 23 heavy (non-hydrogen) atoms. The average Bonchev–Trinajstić information content (AvgIpc) is 2.58. The van der Waals surface area contributed by atoms with Crippen LogP contribution in [0.25, 0.3) is 0 Å². The molecule has 0 spiro atoms. The van der Waals surface area contributed by atoms with Crippen LogP contribution in [0.3, 0.4) is 0 Å². The topological polar surface area (TPSA) is 62.5 Å². The van der Waals surface area contributed by atoms with Crippen molar-refractivity contribution in [1.82, 2.24) is 14.8 Å². The molecule has 0 amide bonds. The maximum atomic E-state index is 10.8. The third kappa shape index (κ3) is 4.34. The number of non-ortho nitro benzene ring substituents is 1. The summed E-state index contributed by atoms with van der Waals surface area (Å²) in [4.78, 5) is 19.6. The minimum absolute atomic E-state index is 0.163. The van der Waals surface area contributed by atoms with E-state index in [9.17, 15) is 10.1 Å². The van der Waals surface area contributed by atoms with E-state index in [1.165, 1.54) is 6.07 Å². The number of rotatable bonds is 5. The minimum atomic E-state index is -0.339. The van der Waals surface area contributed by atoms with Crippen molar-refractivity contribution in [2.24, 2.45) is 0 Å². The van der Waals surface area contributed by atoms with Gasteiger partial charge in [-0.1, -0.05) is 18.2 Å². The number of piperazine rings is 1. The Labute approximate surface area is 135 Å². The highest BCUT2D eigenvalue weighted by Gasteiger charge is 2.18. The molecule has 0 saturated carbocycles. The van der Waals surface area contributed by atoms with Gasteiger partial charge in [0.2, 0.25) is 0 Å². The summed E-state index contributed by atoms with van der Waals surface area (Å²) in [6.07, 6.45) is 1.83. The number of nitrogens with zero attached hydrogens (tertiary/aromatic N) is 4. The van der Waals surface area contributed by atoms with E-state index in [4.69, 9.17) is 0 Å². The minimum Gasteiger partial charge on any atom is -0.297 e. The van der Waals surface area contributed by atoms with E-state index < -0.39 is 0 Å². The van der Waals surface area contributed by atoms with E-state index in [0.29, 0.717) is 0 Å². The standard InChI is InChI=1S/C17H20N4O2/c22-21(23)17-6-3-4-15(12-17)13-19-8-10-20(11-9-19)14-16-5-1-2-7-18-16/h1-7,12H,8-11,13-14H2. The van der Waals surface area contributed by atoms with Gasteiger partial charge in [0.25, 0.3) is 5.69 Å². The maximum absolute atomic E-state index is 10.8. The molecule has 2 aromatic rings. The average molecular weight is 312 g/mol. The van der Waals surface area contributed by atoms with Gasteiger partial charge in [0.15, 0.2) is 0 Å². The summed E-state index contributed by atoms with van der Waals surface area (Å²) >= 11 is 0. The van der Waals surface area contributed by atoms with Crippen LogP contribution in [-0.4, -0.2) is 45.9 Å². The lowest BCUT2D eigenvalue weighted by Gasteiger charge is -2.34. The van der Waals surface area contributed by atoms with Crippen molar-refractivity contribution >= 4 is 5.69 Å². The molecule has 0 N–H and O–H groups in total. The first-order valence-electron chi connectivity index (χ1n) is 7.79. The zero-order chi connectivity index (χ0) is 16.1. The van der Waals surface area contributed by atoms with Crippen LogP contribution >= 0.6 is 0 Å². The van der Waals surface area contributed by atoms with E-state index in [1.54, 1.807) is 12.1 Å². The molecule has 1 aliphatic heterocycles. The molecule has 1 saturated heterocycles. The molecule has 0 aliphatic carbocycles. The van der Waals surface area contributed by atoms with Crippen molar-refractivity contribution in [3.8, 4) is 0 Å². The molecule has 1 fully saturated rings. The van der Waals surface area contributed by atoms with Crippen molar-refractivity contribution in [2.75, 3.05) is 26.2 Å². The Balaban J connectivity index is 1.51. The highest BCUT2D eigenvalue weighted by molar-refractivity contribution is 5.34. The molecular weight excluding hydrogens is 292 g/mol. The Hall–Kier alpha value is -2.31. The number of nitro benzene ring substituents is 1. The highest BCUT2D eigenvalue weighted by atomic mass is 16.6. The molecule has 0 unspecified atom stereocenters. The van der Waals surface area contributed by atoms with E-state index in [0.717, 1.165) is 50.5 Å². The first-order valence-corrected chi connectivity index (χ1v) is 7.79. The van der Waals surface area contributed by atoms with Crippen molar-refractivity contribution < 1.29 is 4.92 Å². The predicted molar refractivity (Wildman–Crippen MR) is 87.9 cm³/mol. The van der Waals surface area contributed by atoms with Crippen LogP contribution in [-0.2, 0) is 13.1 Å². The molecule has 1 aliphatic rings. The molecule has 2 heterocycles. The summed E-state index contributed by atoms with van der Waals surface area (Å²) in [7, 11) is 0. The summed E-state index contributed by atoms with van der Waals surface area (Å²) in [5.74, 6) is 0. The Kier molecular flexibility index (Phi) is 4.95. The van der Waals surface area contributed by atoms with Gasteiger partial charge in [0.1, 0.15) is 0 Å². The molecule has 6 heteroatoms.